The van der Waals surface area contributed by atoms with E-state index in [1.165, 1.54) is 64.2 Å². The van der Waals surface area contributed by atoms with Crippen molar-refractivity contribution in [3.63, 3.8) is 0 Å². The molecule has 0 radical (unpaired) electrons. The molecule has 0 heterocycles. The Morgan fingerprint density at radius 2 is 1.57 bits per heavy atom. The summed E-state index contributed by atoms with van der Waals surface area (Å²) in [6.07, 6.45) is 16.8. The van der Waals surface area contributed by atoms with Crippen LogP contribution in [-0.4, -0.2) is 21.9 Å². The Hall–Kier alpha value is -0.0800. The second kappa shape index (κ2) is 7.56. The standard InChI is InChI=1S/C26H46O2/c1-24(2,28)14-6-5-7-18-9-11-22-21-10-8-19-17-20(27)12-15-26(19,4)23(21)13-16-25(18,22)3/h18-23,27-28H,5-17H2,1-4H3/t18-,19?,20-,21-,22?,23?,25?,26-/m0/s1. The molecule has 2 nitrogen and oxygen atoms in total. The third kappa shape index (κ3) is 3.70. The van der Waals surface area contributed by atoms with Crippen molar-refractivity contribution in [1.29, 1.82) is 0 Å². The summed E-state index contributed by atoms with van der Waals surface area (Å²) in [6, 6.07) is 0. The molecule has 0 saturated heterocycles. The van der Waals surface area contributed by atoms with Crippen LogP contribution in [0.25, 0.3) is 0 Å². The van der Waals surface area contributed by atoms with Crippen LogP contribution in [0.4, 0.5) is 0 Å². The Labute approximate surface area is 173 Å². The number of aliphatic hydroxyl groups is 2. The van der Waals surface area contributed by atoms with Crippen LogP contribution in [0.15, 0.2) is 0 Å². The van der Waals surface area contributed by atoms with Crippen LogP contribution in [0.2, 0.25) is 0 Å². The maximum absolute atomic E-state index is 10.2. The minimum Gasteiger partial charge on any atom is -0.393 e. The highest BCUT2D eigenvalue weighted by Crippen LogP contribution is 2.67. The Morgan fingerprint density at radius 3 is 2.32 bits per heavy atom. The highest BCUT2D eigenvalue weighted by atomic mass is 16.3. The molecule has 162 valence electrons. The zero-order valence-electron chi connectivity index (χ0n) is 19.1. The van der Waals surface area contributed by atoms with Crippen LogP contribution >= 0.6 is 0 Å². The fraction of sp³-hybridized carbons (Fsp3) is 1.00. The molecule has 0 amide bonds. The van der Waals surface area contributed by atoms with Gasteiger partial charge in [-0.15, -0.1) is 0 Å². The molecule has 4 unspecified atom stereocenters. The summed E-state index contributed by atoms with van der Waals surface area (Å²) in [6.45, 7) is 9.15. The van der Waals surface area contributed by atoms with Gasteiger partial charge in [-0.05, 0) is 125 Å². The maximum Gasteiger partial charge on any atom is 0.0591 e. The summed E-state index contributed by atoms with van der Waals surface area (Å²) >= 11 is 0. The predicted octanol–water partition coefficient (Wildman–Crippen LogP) is 6.34. The lowest BCUT2D eigenvalue weighted by Crippen LogP contribution is -2.53. The van der Waals surface area contributed by atoms with Gasteiger partial charge in [0.05, 0.1) is 11.7 Å². The molecule has 0 aromatic carbocycles. The molecular weight excluding hydrogens is 344 g/mol. The van der Waals surface area contributed by atoms with Crippen LogP contribution in [0.3, 0.4) is 0 Å². The van der Waals surface area contributed by atoms with E-state index in [2.05, 4.69) is 13.8 Å². The Morgan fingerprint density at radius 1 is 0.857 bits per heavy atom. The second-order valence-electron chi connectivity index (χ2n) is 12.5. The lowest BCUT2D eigenvalue weighted by atomic mass is 9.44. The highest BCUT2D eigenvalue weighted by Gasteiger charge is 2.59. The first-order chi connectivity index (χ1) is 13.1. The molecule has 4 aliphatic rings. The number of unbranched alkanes of at least 4 members (excludes halogenated alkanes) is 1. The smallest absolute Gasteiger partial charge is 0.0591 e. The van der Waals surface area contributed by atoms with Crippen molar-refractivity contribution in [2.45, 2.75) is 123 Å². The largest absolute Gasteiger partial charge is 0.393 e. The molecule has 0 aromatic heterocycles. The normalized spacial score (nSPS) is 48.6. The summed E-state index contributed by atoms with van der Waals surface area (Å²) in [4.78, 5) is 0. The molecule has 2 N–H and O–H groups in total. The van der Waals surface area contributed by atoms with Crippen LogP contribution in [0, 0.1) is 40.4 Å². The highest BCUT2D eigenvalue weighted by molar-refractivity contribution is 5.09. The molecule has 0 aromatic rings. The summed E-state index contributed by atoms with van der Waals surface area (Å²) in [5, 5.41) is 20.2. The zero-order chi connectivity index (χ0) is 20.2. The third-order valence-corrected chi connectivity index (χ3v) is 10.4. The van der Waals surface area contributed by atoms with Crippen molar-refractivity contribution in [1.82, 2.24) is 0 Å². The Balaban J connectivity index is 1.41. The van der Waals surface area contributed by atoms with E-state index in [1.807, 2.05) is 13.8 Å². The van der Waals surface area contributed by atoms with Gasteiger partial charge >= 0.3 is 0 Å². The zero-order valence-corrected chi connectivity index (χ0v) is 19.1. The first-order valence-corrected chi connectivity index (χ1v) is 12.5. The topological polar surface area (TPSA) is 40.5 Å². The lowest BCUT2D eigenvalue weighted by Gasteiger charge is -2.61. The third-order valence-electron chi connectivity index (χ3n) is 10.4. The molecule has 4 rings (SSSR count). The lowest BCUT2D eigenvalue weighted by molar-refractivity contribution is -0.127. The quantitative estimate of drug-likeness (QED) is 0.538. The van der Waals surface area contributed by atoms with E-state index in [-0.39, 0.29) is 6.10 Å². The molecule has 4 saturated carbocycles. The second-order valence-corrected chi connectivity index (χ2v) is 12.5. The van der Waals surface area contributed by atoms with Crippen molar-refractivity contribution in [2.24, 2.45) is 40.4 Å². The summed E-state index contributed by atoms with van der Waals surface area (Å²) < 4.78 is 0. The van der Waals surface area contributed by atoms with Crippen molar-refractivity contribution in [3.8, 4) is 0 Å². The van der Waals surface area contributed by atoms with E-state index < -0.39 is 5.60 Å². The summed E-state index contributed by atoms with van der Waals surface area (Å²) in [5.74, 6) is 4.53. The van der Waals surface area contributed by atoms with Gasteiger partial charge in [-0.1, -0.05) is 26.7 Å². The van der Waals surface area contributed by atoms with Crippen LogP contribution in [-0.2, 0) is 0 Å². The van der Waals surface area contributed by atoms with Gasteiger partial charge in [0.25, 0.3) is 0 Å². The minimum absolute atomic E-state index is 0.0248. The number of aliphatic hydroxyl groups excluding tert-OH is 1. The first-order valence-electron chi connectivity index (χ1n) is 12.5. The molecule has 4 fully saturated rings. The number of rotatable bonds is 5. The average molecular weight is 391 g/mol. The molecular formula is C26H46O2. The van der Waals surface area contributed by atoms with E-state index >= 15 is 0 Å². The van der Waals surface area contributed by atoms with Crippen LogP contribution in [0.1, 0.15) is 111 Å². The summed E-state index contributed by atoms with van der Waals surface area (Å²) in [7, 11) is 0. The molecule has 0 spiro atoms. The van der Waals surface area contributed by atoms with E-state index in [4.69, 9.17) is 0 Å². The summed E-state index contributed by atoms with van der Waals surface area (Å²) in [5.41, 5.74) is 0.587. The molecule has 28 heavy (non-hydrogen) atoms. The fourth-order valence-corrected chi connectivity index (χ4v) is 8.77. The number of fused-ring (bicyclic) bond motifs is 5. The predicted molar refractivity (Wildman–Crippen MR) is 116 cm³/mol. The van der Waals surface area contributed by atoms with Gasteiger partial charge in [0.2, 0.25) is 0 Å². The van der Waals surface area contributed by atoms with Crippen molar-refractivity contribution < 1.29 is 10.2 Å². The first kappa shape index (κ1) is 21.2. The van der Waals surface area contributed by atoms with Gasteiger partial charge < -0.3 is 10.2 Å². The Kier molecular flexibility index (Phi) is 5.71. The van der Waals surface area contributed by atoms with Gasteiger partial charge in [-0.3, -0.25) is 0 Å². The van der Waals surface area contributed by atoms with Gasteiger partial charge in [-0.25, -0.2) is 0 Å². The van der Waals surface area contributed by atoms with E-state index in [9.17, 15) is 10.2 Å². The van der Waals surface area contributed by atoms with Crippen LogP contribution in [0.5, 0.6) is 0 Å². The maximum atomic E-state index is 10.2. The average Bonchev–Trinajstić information content (AvgIpc) is 2.95. The molecule has 2 heteroatoms. The monoisotopic (exact) mass is 390 g/mol. The molecule has 0 aliphatic heterocycles. The van der Waals surface area contributed by atoms with E-state index in [1.54, 1.807) is 0 Å². The fourth-order valence-electron chi connectivity index (χ4n) is 8.77. The number of hydrogen-bond donors (Lipinski definition) is 2. The molecule has 8 atom stereocenters. The van der Waals surface area contributed by atoms with Crippen LogP contribution < -0.4 is 0 Å². The Bertz CT molecular complexity index is 551. The molecule has 4 aliphatic carbocycles. The van der Waals surface area contributed by atoms with Gasteiger partial charge in [0.1, 0.15) is 0 Å². The van der Waals surface area contributed by atoms with Gasteiger partial charge in [0, 0.05) is 0 Å². The van der Waals surface area contributed by atoms with Crippen molar-refractivity contribution >= 4 is 0 Å². The minimum atomic E-state index is -0.498. The van der Waals surface area contributed by atoms with Gasteiger partial charge in [0.15, 0.2) is 0 Å². The van der Waals surface area contributed by atoms with E-state index in [0.29, 0.717) is 10.8 Å². The van der Waals surface area contributed by atoms with Gasteiger partial charge in [-0.2, -0.15) is 0 Å². The van der Waals surface area contributed by atoms with Crippen molar-refractivity contribution in [2.75, 3.05) is 0 Å². The SMILES string of the molecule is CC(C)(O)CCCC[C@H]1CCC2[C@@H]3CCC4C[C@@H](O)CC[C@]4(C)C3CCC21C. The number of hydrogen-bond acceptors (Lipinski definition) is 2. The van der Waals surface area contributed by atoms with E-state index in [0.717, 1.165) is 48.9 Å². The molecule has 0 bridgehead atoms. The van der Waals surface area contributed by atoms with Crippen molar-refractivity contribution in [3.05, 3.63) is 0 Å².